The first kappa shape index (κ1) is 13.8. The molecule has 1 fully saturated rings. The number of hydrogen-bond donors (Lipinski definition) is 2. The lowest BCUT2D eigenvalue weighted by molar-refractivity contribution is 0.221. The first-order chi connectivity index (χ1) is 9.17. The van der Waals surface area contributed by atoms with Crippen molar-refractivity contribution in [1.29, 1.82) is 0 Å². The molecule has 0 amide bonds. The van der Waals surface area contributed by atoms with Crippen LogP contribution < -0.4 is 15.5 Å². The number of hydrogen-bond acceptors (Lipinski definition) is 7. The lowest BCUT2D eigenvalue weighted by Crippen LogP contribution is -2.35. The summed E-state index contributed by atoms with van der Waals surface area (Å²) in [5, 5.41) is 5.05. The number of aromatic nitrogens is 3. The van der Waals surface area contributed by atoms with Gasteiger partial charge in [0.05, 0.1) is 6.10 Å². The highest BCUT2D eigenvalue weighted by Gasteiger charge is 2.13. The molecule has 7 nitrogen and oxygen atoms in total. The minimum absolute atomic E-state index is 0.0370. The number of rotatable bonds is 5. The summed E-state index contributed by atoms with van der Waals surface area (Å²) in [5.41, 5.74) is 3.22. The van der Waals surface area contributed by atoms with Gasteiger partial charge in [-0.05, 0) is 26.7 Å². The summed E-state index contributed by atoms with van der Waals surface area (Å²) in [6.45, 7) is 5.92. The maximum absolute atomic E-state index is 5.53. The van der Waals surface area contributed by atoms with Gasteiger partial charge in [-0.15, -0.1) is 0 Å². The van der Waals surface area contributed by atoms with Crippen LogP contribution in [0.15, 0.2) is 0 Å². The van der Waals surface area contributed by atoms with Crippen LogP contribution in [0.4, 0.5) is 11.9 Å². The third-order valence-corrected chi connectivity index (χ3v) is 2.79. The van der Waals surface area contributed by atoms with Crippen molar-refractivity contribution in [2.45, 2.75) is 39.2 Å². The van der Waals surface area contributed by atoms with Crippen LogP contribution in [0, 0.1) is 0 Å². The van der Waals surface area contributed by atoms with Gasteiger partial charge in [0, 0.05) is 20.1 Å². The smallest absolute Gasteiger partial charge is 0.323 e. The minimum atomic E-state index is 0.0370. The van der Waals surface area contributed by atoms with Crippen LogP contribution in [0.2, 0.25) is 0 Å². The molecule has 0 spiro atoms. The Labute approximate surface area is 113 Å². The molecule has 0 aromatic carbocycles. The van der Waals surface area contributed by atoms with Gasteiger partial charge < -0.3 is 10.1 Å². The van der Waals surface area contributed by atoms with Crippen LogP contribution in [-0.4, -0.2) is 46.2 Å². The van der Waals surface area contributed by atoms with Crippen molar-refractivity contribution < 1.29 is 4.74 Å². The molecule has 2 N–H and O–H groups in total. The third-order valence-electron chi connectivity index (χ3n) is 2.79. The van der Waals surface area contributed by atoms with Gasteiger partial charge in [-0.25, -0.2) is 5.01 Å². The molecule has 1 saturated heterocycles. The zero-order valence-corrected chi connectivity index (χ0v) is 11.8. The van der Waals surface area contributed by atoms with E-state index < -0.39 is 0 Å². The van der Waals surface area contributed by atoms with Gasteiger partial charge in [-0.2, -0.15) is 15.0 Å². The van der Waals surface area contributed by atoms with Crippen molar-refractivity contribution in [3.05, 3.63) is 0 Å². The van der Waals surface area contributed by atoms with Crippen molar-refractivity contribution in [1.82, 2.24) is 20.0 Å². The van der Waals surface area contributed by atoms with E-state index in [0.717, 1.165) is 13.1 Å². The van der Waals surface area contributed by atoms with Crippen molar-refractivity contribution in [2.24, 2.45) is 0 Å². The summed E-state index contributed by atoms with van der Waals surface area (Å²) in [6, 6.07) is 0.342. The second-order valence-electron chi connectivity index (χ2n) is 4.84. The number of nitrogens with zero attached hydrogens (tertiary/aromatic N) is 4. The average Bonchev–Trinajstić information content (AvgIpc) is 2.38. The van der Waals surface area contributed by atoms with Crippen LogP contribution >= 0.6 is 0 Å². The van der Waals surface area contributed by atoms with Gasteiger partial charge in [0.2, 0.25) is 11.9 Å². The quantitative estimate of drug-likeness (QED) is 0.836. The first-order valence-corrected chi connectivity index (χ1v) is 6.79. The topological polar surface area (TPSA) is 75.2 Å². The number of ether oxygens (including phenoxy) is 1. The number of anilines is 2. The summed E-state index contributed by atoms with van der Waals surface area (Å²) >= 11 is 0. The van der Waals surface area contributed by atoms with Gasteiger partial charge >= 0.3 is 6.01 Å². The molecule has 7 heteroatoms. The molecule has 1 aliphatic heterocycles. The van der Waals surface area contributed by atoms with Crippen molar-refractivity contribution in [3.63, 3.8) is 0 Å². The Morgan fingerprint density at radius 2 is 1.74 bits per heavy atom. The van der Waals surface area contributed by atoms with E-state index in [-0.39, 0.29) is 6.10 Å². The second kappa shape index (κ2) is 6.51. The van der Waals surface area contributed by atoms with Crippen molar-refractivity contribution >= 4 is 11.9 Å². The van der Waals surface area contributed by atoms with E-state index in [9.17, 15) is 0 Å². The lowest BCUT2D eigenvalue weighted by atomic mass is 10.2. The van der Waals surface area contributed by atoms with Crippen molar-refractivity contribution in [3.8, 4) is 6.01 Å². The molecule has 19 heavy (non-hydrogen) atoms. The molecule has 0 atom stereocenters. The van der Waals surface area contributed by atoms with E-state index in [1.807, 2.05) is 13.8 Å². The molecule has 1 aromatic rings. The SMILES string of the molecule is CNc1nc(NN2CCCCC2)nc(OC(C)C)n1. The van der Waals surface area contributed by atoms with E-state index in [0.29, 0.717) is 17.9 Å². The molecule has 2 rings (SSSR count). The van der Waals surface area contributed by atoms with Crippen LogP contribution in [0.25, 0.3) is 0 Å². The van der Waals surface area contributed by atoms with Crippen LogP contribution in [-0.2, 0) is 0 Å². The van der Waals surface area contributed by atoms with E-state index in [1.165, 1.54) is 19.3 Å². The van der Waals surface area contributed by atoms with Crippen molar-refractivity contribution in [2.75, 3.05) is 30.9 Å². The monoisotopic (exact) mass is 266 g/mol. The Hall–Kier alpha value is -1.63. The average molecular weight is 266 g/mol. The highest BCUT2D eigenvalue weighted by atomic mass is 16.5. The summed E-state index contributed by atoms with van der Waals surface area (Å²) in [6.07, 6.45) is 3.73. The largest absolute Gasteiger partial charge is 0.461 e. The minimum Gasteiger partial charge on any atom is -0.461 e. The first-order valence-electron chi connectivity index (χ1n) is 6.79. The Bertz CT molecular complexity index is 405. The summed E-state index contributed by atoms with van der Waals surface area (Å²) in [7, 11) is 1.78. The van der Waals surface area contributed by atoms with E-state index >= 15 is 0 Å². The number of piperidine rings is 1. The molecule has 1 aromatic heterocycles. The van der Waals surface area contributed by atoms with Crippen LogP contribution in [0.5, 0.6) is 6.01 Å². The predicted octanol–water partition coefficient (Wildman–Crippen LogP) is 1.51. The standard InChI is InChI=1S/C12H22N6O/c1-9(2)19-12-15-10(13-3)14-11(16-12)17-18-7-5-4-6-8-18/h9H,4-8H2,1-3H3,(H2,13,14,15,16,17). The molecule has 0 bridgehead atoms. The third kappa shape index (κ3) is 4.20. The summed E-state index contributed by atoms with van der Waals surface area (Å²) < 4.78 is 5.53. The molecule has 0 aliphatic carbocycles. The normalized spacial score (nSPS) is 16.4. The summed E-state index contributed by atoms with van der Waals surface area (Å²) in [4.78, 5) is 12.7. The predicted molar refractivity (Wildman–Crippen MR) is 74.2 cm³/mol. The maximum Gasteiger partial charge on any atom is 0.323 e. The molecule has 0 unspecified atom stereocenters. The van der Waals surface area contributed by atoms with E-state index in [4.69, 9.17) is 4.74 Å². The van der Waals surface area contributed by atoms with Gasteiger partial charge in [0.15, 0.2) is 0 Å². The maximum atomic E-state index is 5.53. The van der Waals surface area contributed by atoms with Crippen LogP contribution in [0.1, 0.15) is 33.1 Å². The molecule has 1 aliphatic rings. The van der Waals surface area contributed by atoms with E-state index in [2.05, 4.69) is 30.7 Å². The molecule has 0 radical (unpaired) electrons. The van der Waals surface area contributed by atoms with Gasteiger partial charge in [0.25, 0.3) is 0 Å². The Balaban J connectivity index is 2.09. The second-order valence-corrected chi connectivity index (χ2v) is 4.84. The highest BCUT2D eigenvalue weighted by molar-refractivity contribution is 5.34. The van der Waals surface area contributed by atoms with Gasteiger partial charge in [-0.1, -0.05) is 6.42 Å². The van der Waals surface area contributed by atoms with Gasteiger partial charge in [-0.3, -0.25) is 5.43 Å². The Kier molecular flexibility index (Phi) is 4.73. The Morgan fingerprint density at radius 3 is 2.37 bits per heavy atom. The molecule has 0 saturated carbocycles. The molecule has 2 heterocycles. The van der Waals surface area contributed by atoms with E-state index in [1.54, 1.807) is 7.05 Å². The Morgan fingerprint density at radius 1 is 1.05 bits per heavy atom. The fourth-order valence-corrected chi connectivity index (χ4v) is 1.93. The lowest BCUT2D eigenvalue weighted by Gasteiger charge is -2.26. The van der Waals surface area contributed by atoms with Crippen LogP contribution in [0.3, 0.4) is 0 Å². The molecular formula is C12H22N6O. The number of hydrazine groups is 1. The van der Waals surface area contributed by atoms with Gasteiger partial charge in [0.1, 0.15) is 0 Å². The zero-order chi connectivity index (χ0) is 13.7. The molecular weight excluding hydrogens is 244 g/mol. The zero-order valence-electron chi connectivity index (χ0n) is 11.8. The highest BCUT2D eigenvalue weighted by Crippen LogP contribution is 2.14. The summed E-state index contributed by atoms with van der Waals surface area (Å²) in [5.74, 6) is 1.03. The number of nitrogens with one attached hydrogen (secondary N) is 2. The molecule has 106 valence electrons. The fourth-order valence-electron chi connectivity index (χ4n) is 1.93. The fraction of sp³-hybridized carbons (Fsp3) is 0.750.